The molecule has 0 aromatic carbocycles. The van der Waals surface area contributed by atoms with Gasteiger partial charge in [-0.1, -0.05) is 24.6 Å². The van der Waals surface area contributed by atoms with Crippen molar-refractivity contribution in [2.24, 2.45) is 0 Å². The zero-order valence-electron chi connectivity index (χ0n) is 6.89. The summed E-state index contributed by atoms with van der Waals surface area (Å²) < 4.78 is 4.69. The summed E-state index contributed by atoms with van der Waals surface area (Å²) in [6, 6.07) is 0. The summed E-state index contributed by atoms with van der Waals surface area (Å²) in [6.45, 7) is 4.15. The second-order valence-electron chi connectivity index (χ2n) is 2.04. The van der Waals surface area contributed by atoms with Gasteiger partial charge in [-0.05, 0) is 13.3 Å². The number of halogens is 1. The third-order valence-corrected chi connectivity index (χ3v) is 1.33. The lowest BCUT2D eigenvalue weighted by Crippen LogP contribution is -2.03. The van der Waals surface area contributed by atoms with Crippen LogP contribution in [0.5, 0.6) is 0 Å². The van der Waals surface area contributed by atoms with Crippen LogP contribution < -0.4 is 0 Å². The Kier molecular flexibility index (Phi) is 5.94. The Bertz CT molecular complexity index is 152. The summed E-state index contributed by atoms with van der Waals surface area (Å²) >= 11 is 5.67. The molecule has 11 heavy (non-hydrogen) atoms. The van der Waals surface area contributed by atoms with Crippen molar-refractivity contribution in [2.45, 2.75) is 26.7 Å². The van der Waals surface area contributed by atoms with Crippen molar-refractivity contribution in [1.29, 1.82) is 0 Å². The van der Waals surface area contributed by atoms with E-state index in [0.29, 0.717) is 11.6 Å². The number of ether oxygens (including phenoxy) is 1. The molecular weight excluding hydrogens is 164 g/mol. The highest BCUT2D eigenvalue weighted by Gasteiger charge is 2.02. The molecule has 0 aliphatic heterocycles. The maximum Gasteiger partial charge on any atom is 0.311 e. The van der Waals surface area contributed by atoms with Crippen molar-refractivity contribution in [1.82, 2.24) is 0 Å². The highest BCUT2D eigenvalue weighted by Crippen LogP contribution is 2.08. The molecule has 0 amide bonds. The van der Waals surface area contributed by atoms with E-state index in [0.717, 1.165) is 6.42 Å². The maximum atomic E-state index is 10.8. The van der Waals surface area contributed by atoms with E-state index in [-0.39, 0.29) is 12.4 Å². The predicted molar refractivity (Wildman–Crippen MR) is 45.5 cm³/mol. The number of hydrogen-bond acceptors (Lipinski definition) is 2. The normalized spacial score (nSPS) is 11.4. The van der Waals surface area contributed by atoms with Crippen LogP contribution in [0, 0.1) is 0 Å². The first kappa shape index (κ1) is 10.5. The van der Waals surface area contributed by atoms with E-state index in [1.807, 2.05) is 6.92 Å². The lowest BCUT2D eigenvalue weighted by atomic mass is 10.3. The summed E-state index contributed by atoms with van der Waals surface area (Å²) in [5.74, 6) is -0.262. The number of hydrogen-bond donors (Lipinski definition) is 0. The van der Waals surface area contributed by atoms with Crippen molar-refractivity contribution < 1.29 is 9.53 Å². The summed E-state index contributed by atoms with van der Waals surface area (Å²) in [5, 5.41) is 0.561. The molecule has 0 N–H and O–H groups in total. The topological polar surface area (TPSA) is 26.3 Å². The summed E-state index contributed by atoms with van der Waals surface area (Å²) in [6.07, 6.45) is 2.85. The largest absolute Gasteiger partial charge is 0.466 e. The molecular formula is C8H13ClO2. The van der Waals surface area contributed by atoms with Crippen LogP contribution >= 0.6 is 11.6 Å². The second kappa shape index (κ2) is 6.23. The van der Waals surface area contributed by atoms with Gasteiger partial charge in [-0.3, -0.25) is 4.79 Å². The smallest absolute Gasteiger partial charge is 0.311 e. The van der Waals surface area contributed by atoms with Crippen molar-refractivity contribution >= 4 is 17.6 Å². The van der Waals surface area contributed by atoms with Gasteiger partial charge in [0, 0.05) is 5.03 Å². The van der Waals surface area contributed by atoms with Gasteiger partial charge < -0.3 is 4.74 Å². The van der Waals surface area contributed by atoms with Crippen LogP contribution in [0.1, 0.15) is 26.7 Å². The van der Waals surface area contributed by atoms with Crippen molar-refractivity contribution in [3.05, 3.63) is 11.1 Å². The fourth-order valence-electron chi connectivity index (χ4n) is 0.644. The molecule has 0 radical (unpaired) electrons. The van der Waals surface area contributed by atoms with Crippen LogP contribution in [-0.4, -0.2) is 12.6 Å². The Morgan fingerprint density at radius 2 is 2.18 bits per heavy atom. The van der Waals surface area contributed by atoms with Gasteiger partial charge >= 0.3 is 5.97 Å². The average molecular weight is 177 g/mol. The van der Waals surface area contributed by atoms with Gasteiger partial charge in [0.25, 0.3) is 0 Å². The van der Waals surface area contributed by atoms with E-state index >= 15 is 0 Å². The van der Waals surface area contributed by atoms with Gasteiger partial charge in [-0.25, -0.2) is 0 Å². The summed E-state index contributed by atoms with van der Waals surface area (Å²) in [4.78, 5) is 10.8. The van der Waals surface area contributed by atoms with E-state index in [9.17, 15) is 4.79 Å². The van der Waals surface area contributed by atoms with Gasteiger partial charge in [0.05, 0.1) is 13.0 Å². The monoisotopic (exact) mass is 176 g/mol. The van der Waals surface area contributed by atoms with Gasteiger partial charge in [0.1, 0.15) is 0 Å². The van der Waals surface area contributed by atoms with Gasteiger partial charge in [-0.2, -0.15) is 0 Å². The van der Waals surface area contributed by atoms with Gasteiger partial charge in [-0.15, -0.1) is 0 Å². The lowest BCUT2D eigenvalue weighted by molar-refractivity contribution is -0.142. The van der Waals surface area contributed by atoms with Crippen LogP contribution in [0.3, 0.4) is 0 Å². The van der Waals surface area contributed by atoms with E-state index in [4.69, 9.17) is 16.3 Å². The number of rotatable bonds is 4. The van der Waals surface area contributed by atoms with E-state index in [1.165, 1.54) is 0 Å². The van der Waals surface area contributed by atoms with Gasteiger partial charge in [0.15, 0.2) is 0 Å². The number of carbonyl (C=O) groups is 1. The maximum absolute atomic E-state index is 10.8. The zero-order chi connectivity index (χ0) is 8.69. The summed E-state index contributed by atoms with van der Waals surface area (Å²) in [5.41, 5.74) is 0. The Balaban J connectivity index is 3.66. The van der Waals surface area contributed by atoms with Crippen molar-refractivity contribution in [2.75, 3.05) is 6.61 Å². The van der Waals surface area contributed by atoms with E-state index in [1.54, 1.807) is 13.0 Å². The number of carbonyl (C=O) groups excluding carboxylic acids is 1. The average Bonchev–Trinajstić information content (AvgIpc) is 1.87. The minimum absolute atomic E-state index is 0.198. The van der Waals surface area contributed by atoms with E-state index in [2.05, 4.69) is 0 Å². The highest BCUT2D eigenvalue weighted by molar-refractivity contribution is 6.30. The number of esters is 1. The summed E-state index contributed by atoms with van der Waals surface area (Å²) in [7, 11) is 0. The zero-order valence-corrected chi connectivity index (χ0v) is 7.65. The molecule has 0 rings (SSSR count). The lowest BCUT2D eigenvalue weighted by Gasteiger charge is -1.99. The molecule has 0 aliphatic rings. The molecule has 0 unspecified atom stereocenters. The highest BCUT2D eigenvalue weighted by atomic mass is 35.5. The van der Waals surface area contributed by atoms with Crippen molar-refractivity contribution in [3.63, 3.8) is 0 Å². The van der Waals surface area contributed by atoms with Gasteiger partial charge in [0.2, 0.25) is 0 Å². The minimum atomic E-state index is -0.262. The molecule has 0 bridgehead atoms. The molecule has 0 atom stereocenters. The van der Waals surface area contributed by atoms with Crippen LogP contribution in [0.15, 0.2) is 11.1 Å². The molecule has 2 nitrogen and oxygen atoms in total. The number of allylic oxidation sites excluding steroid dienone is 1. The fourth-order valence-corrected chi connectivity index (χ4v) is 0.907. The molecule has 0 saturated heterocycles. The molecule has 0 aliphatic carbocycles. The Morgan fingerprint density at radius 1 is 1.55 bits per heavy atom. The third-order valence-electron chi connectivity index (χ3n) is 1.04. The van der Waals surface area contributed by atoms with E-state index < -0.39 is 0 Å². The standard InChI is InChI=1S/C8H13ClO2/c1-3-5-7(9)6-8(10)11-4-2/h5H,3-4,6H2,1-2H3/b7-5-. The molecule has 0 fully saturated rings. The van der Waals surface area contributed by atoms with Crippen LogP contribution in [-0.2, 0) is 9.53 Å². The Morgan fingerprint density at radius 3 is 2.64 bits per heavy atom. The SMILES string of the molecule is CC/C=C(\Cl)CC(=O)OCC. The minimum Gasteiger partial charge on any atom is -0.466 e. The first-order valence-corrected chi connectivity index (χ1v) is 4.08. The molecule has 0 heterocycles. The van der Waals surface area contributed by atoms with Crippen molar-refractivity contribution in [3.8, 4) is 0 Å². The molecule has 0 saturated carbocycles. The fraction of sp³-hybridized carbons (Fsp3) is 0.625. The predicted octanol–water partition coefficient (Wildman–Crippen LogP) is 2.47. The Hall–Kier alpha value is -0.500. The van der Waals surface area contributed by atoms with Crippen LogP contribution in [0.4, 0.5) is 0 Å². The molecule has 0 spiro atoms. The molecule has 3 heteroatoms. The quantitative estimate of drug-likeness (QED) is 0.616. The Labute approximate surface area is 72.2 Å². The van der Waals surface area contributed by atoms with Crippen LogP contribution in [0.25, 0.3) is 0 Å². The second-order valence-corrected chi connectivity index (χ2v) is 2.53. The molecule has 0 aromatic rings. The van der Waals surface area contributed by atoms with Crippen LogP contribution in [0.2, 0.25) is 0 Å². The molecule has 0 aromatic heterocycles. The first-order valence-electron chi connectivity index (χ1n) is 3.70. The third kappa shape index (κ3) is 5.92. The first-order chi connectivity index (χ1) is 5.20. The molecule has 64 valence electrons.